The van der Waals surface area contributed by atoms with Gasteiger partial charge in [-0.2, -0.15) is 0 Å². The number of carbonyl (C=O) groups excluding carboxylic acids is 3. The average molecular weight is 482 g/mol. The zero-order valence-corrected chi connectivity index (χ0v) is 19.9. The molecule has 1 N–H and O–H groups in total. The van der Waals surface area contributed by atoms with Crippen molar-refractivity contribution in [1.29, 1.82) is 0 Å². The predicted molar refractivity (Wildman–Crippen MR) is 129 cm³/mol. The maximum atomic E-state index is 13.1. The number of nitrogens with one attached hydrogen (secondary N) is 1. The Morgan fingerprint density at radius 3 is 2.23 bits per heavy atom. The maximum Gasteiger partial charge on any atom is 0.312 e. The van der Waals surface area contributed by atoms with Crippen LogP contribution in [0.15, 0.2) is 48.5 Å². The lowest BCUT2D eigenvalue weighted by Gasteiger charge is -2.34. The van der Waals surface area contributed by atoms with Crippen LogP contribution in [0.5, 0.6) is 17.2 Å². The van der Waals surface area contributed by atoms with E-state index in [1.165, 1.54) is 4.90 Å². The number of piperazine rings is 1. The van der Waals surface area contributed by atoms with Gasteiger partial charge in [0.15, 0.2) is 11.5 Å². The van der Waals surface area contributed by atoms with Crippen molar-refractivity contribution in [2.75, 3.05) is 46.0 Å². The molecule has 2 aromatic rings. The van der Waals surface area contributed by atoms with Crippen molar-refractivity contribution in [3.63, 3.8) is 0 Å². The SMILES string of the molecule is CCOc1cc(C(=O)N2CCN(C(=O)C(=O)NC3CC3)CC2)ccc1OCCOc1ccccc1. The largest absolute Gasteiger partial charge is 0.490 e. The van der Waals surface area contributed by atoms with E-state index in [9.17, 15) is 14.4 Å². The van der Waals surface area contributed by atoms with Crippen LogP contribution in [0.3, 0.4) is 0 Å². The second-order valence-electron chi connectivity index (χ2n) is 8.44. The summed E-state index contributed by atoms with van der Waals surface area (Å²) < 4.78 is 17.2. The molecule has 2 fully saturated rings. The van der Waals surface area contributed by atoms with Crippen molar-refractivity contribution in [2.45, 2.75) is 25.8 Å². The van der Waals surface area contributed by atoms with E-state index in [1.807, 2.05) is 37.3 Å². The van der Waals surface area contributed by atoms with Gasteiger partial charge in [0.2, 0.25) is 0 Å². The summed E-state index contributed by atoms with van der Waals surface area (Å²) in [6.45, 7) is 4.36. The summed E-state index contributed by atoms with van der Waals surface area (Å²) in [5.74, 6) is 0.561. The third-order valence-corrected chi connectivity index (χ3v) is 5.80. The van der Waals surface area contributed by atoms with E-state index in [2.05, 4.69) is 5.32 Å². The van der Waals surface area contributed by atoms with E-state index in [0.29, 0.717) is 63.1 Å². The Hall–Kier alpha value is -3.75. The van der Waals surface area contributed by atoms with Gasteiger partial charge in [0, 0.05) is 37.8 Å². The highest BCUT2D eigenvalue weighted by Gasteiger charge is 2.31. The highest BCUT2D eigenvalue weighted by molar-refractivity contribution is 6.35. The molecule has 0 bridgehead atoms. The van der Waals surface area contributed by atoms with Crippen molar-refractivity contribution < 1.29 is 28.6 Å². The van der Waals surface area contributed by atoms with Gasteiger partial charge in [0.25, 0.3) is 5.91 Å². The van der Waals surface area contributed by atoms with E-state index in [-0.39, 0.29) is 11.9 Å². The fourth-order valence-electron chi connectivity index (χ4n) is 3.77. The van der Waals surface area contributed by atoms with Crippen LogP contribution in [-0.4, -0.2) is 79.6 Å². The molecule has 0 aromatic heterocycles. The van der Waals surface area contributed by atoms with Gasteiger partial charge < -0.3 is 29.3 Å². The fourth-order valence-corrected chi connectivity index (χ4v) is 3.77. The number of ether oxygens (including phenoxy) is 3. The molecule has 4 rings (SSSR count). The second kappa shape index (κ2) is 11.6. The number of benzene rings is 2. The van der Waals surface area contributed by atoms with Gasteiger partial charge in [0.05, 0.1) is 6.61 Å². The topological polar surface area (TPSA) is 97.4 Å². The lowest BCUT2D eigenvalue weighted by molar-refractivity contribution is -0.146. The van der Waals surface area contributed by atoms with Crippen molar-refractivity contribution in [3.8, 4) is 17.2 Å². The van der Waals surface area contributed by atoms with Crippen LogP contribution in [0.25, 0.3) is 0 Å². The monoisotopic (exact) mass is 481 g/mol. The molecule has 9 heteroatoms. The number of hydrogen-bond acceptors (Lipinski definition) is 6. The standard InChI is InChI=1S/C26H31N3O6/c1-2-33-23-18-19(8-11-22(23)35-17-16-34-21-6-4-3-5-7-21)25(31)28-12-14-29(15-13-28)26(32)24(30)27-20-9-10-20/h3-8,11,18,20H,2,9-10,12-17H2,1H3,(H,27,30). The Morgan fingerprint density at radius 1 is 0.857 bits per heavy atom. The third-order valence-electron chi connectivity index (χ3n) is 5.80. The molecule has 35 heavy (non-hydrogen) atoms. The summed E-state index contributed by atoms with van der Waals surface area (Å²) >= 11 is 0. The summed E-state index contributed by atoms with van der Waals surface area (Å²) in [4.78, 5) is 40.6. The van der Waals surface area contributed by atoms with Crippen LogP contribution in [0, 0.1) is 0 Å². The Labute approximate surface area is 204 Å². The minimum atomic E-state index is -0.557. The first kappa shape index (κ1) is 24.4. The molecule has 0 unspecified atom stereocenters. The van der Waals surface area contributed by atoms with Gasteiger partial charge in [-0.1, -0.05) is 18.2 Å². The number of amides is 3. The number of nitrogens with zero attached hydrogens (tertiary/aromatic N) is 2. The van der Waals surface area contributed by atoms with Crippen molar-refractivity contribution in [1.82, 2.24) is 15.1 Å². The summed E-state index contributed by atoms with van der Waals surface area (Å²) in [6.07, 6.45) is 1.85. The van der Waals surface area contributed by atoms with Gasteiger partial charge >= 0.3 is 11.8 Å². The third kappa shape index (κ3) is 6.65. The van der Waals surface area contributed by atoms with Crippen LogP contribution in [0.1, 0.15) is 30.1 Å². The Kier molecular flexibility index (Phi) is 8.07. The van der Waals surface area contributed by atoms with Crippen LogP contribution in [-0.2, 0) is 9.59 Å². The molecule has 2 aromatic carbocycles. The molecule has 1 saturated heterocycles. The van der Waals surface area contributed by atoms with Crippen molar-refractivity contribution >= 4 is 17.7 Å². The molecule has 9 nitrogen and oxygen atoms in total. The van der Waals surface area contributed by atoms with Gasteiger partial charge in [-0.25, -0.2) is 0 Å². The van der Waals surface area contributed by atoms with E-state index in [1.54, 1.807) is 23.1 Å². The van der Waals surface area contributed by atoms with Crippen LogP contribution in [0.2, 0.25) is 0 Å². The minimum absolute atomic E-state index is 0.136. The molecule has 0 radical (unpaired) electrons. The van der Waals surface area contributed by atoms with E-state index in [4.69, 9.17) is 14.2 Å². The molecule has 1 heterocycles. The Morgan fingerprint density at radius 2 is 1.54 bits per heavy atom. The molecular weight excluding hydrogens is 450 g/mol. The van der Waals surface area contributed by atoms with Crippen LogP contribution < -0.4 is 19.5 Å². The van der Waals surface area contributed by atoms with Gasteiger partial charge in [-0.05, 0) is 50.1 Å². The molecule has 186 valence electrons. The molecule has 0 spiro atoms. The summed E-state index contributed by atoms with van der Waals surface area (Å²) in [7, 11) is 0. The van der Waals surface area contributed by atoms with Crippen molar-refractivity contribution in [3.05, 3.63) is 54.1 Å². The molecule has 1 saturated carbocycles. The first-order valence-electron chi connectivity index (χ1n) is 12.0. The zero-order chi connectivity index (χ0) is 24.6. The number of rotatable bonds is 9. The molecular formula is C26H31N3O6. The fraction of sp³-hybridized carbons (Fsp3) is 0.423. The van der Waals surface area contributed by atoms with E-state index >= 15 is 0 Å². The van der Waals surface area contributed by atoms with Crippen LogP contribution >= 0.6 is 0 Å². The minimum Gasteiger partial charge on any atom is -0.490 e. The number of hydrogen-bond donors (Lipinski definition) is 1. The van der Waals surface area contributed by atoms with Crippen molar-refractivity contribution in [2.24, 2.45) is 0 Å². The molecule has 1 aliphatic carbocycles. The van der Waals surface area contributed by atoms with E-state index in [0.717, 1.165) is 18.6 Å². The van der Waals surface area contributed by atoms with Gasteiger partial charge in [0.1, 0.15) is 19.0 Å². The first-order valence-corrected chi connectivity index (χ1v) is 12.0. The number of para-hydroxylation sites is 1. The van der Waals surface area contributed by atoms with Gasteiger partial charge in [-0.3, -0.25) is 14.4 Å². The molecule has 1 aliphatic heterocycles. The maximum absolute atomic E-state index is 13.1. The summed E-state index contributed by atoms with van der Waals surface area (Å²) in [6, 6.07) is 14.7. The van der Waals surface area contributed by atoms with Crippen LogP contribution in [0.4, 0.5) is 0 Å². The lowest BCUT2D eigenvalue weighted by atomic mass is 10.1. The Balaban J connectivity index is 1.29. The molecule has 2 aliphatic rings. The lowest BCUT2D eigenvalue weighted by Crippen LogP contribution is -2.54. The summed E-state index contributed by atoms with van der Waals surface area (Å²) in [5.41, 5.74) is 0.479. The predicted octanol–water partition coefficient (Wildman–Crippen LogP) is 2.11. The highest BCUT2D eigenvalue weighted by Crippen LogP contribution is 2.29. The molecule has 3 amide bonds. The number of carbonyl (C=O) groups is 3. The molecule has 0 atom stereocenters. The normalized spacial score (nSPS) is 15.3. The van der Waals surface area contributed by atoms with Gasteiger partial charge in [-0.15, -0.1) is 0 Å². The Bertz CT molecular complexity index is 1030. The smallest absolute Gasteiger partial charge is 0.312 e. The summed E-state index contributed by atoms with van der Waals surface area (Å²) in [5, 5.41) is 2.72. The zero-order valence-electron chi connectivity index (χ0n) is 19.9. The average Bonchev–Trinajstić information content (AvgIpc) is 3.71. The quantitative estimate of drug-likeness (QED) is 0.435. The first-order chi connectivity index (χ1) is 17.0. The highest BCUT2D eigenvalue weighted by atomic mass is 16.5. The second-order valence-corrected chi connectivity index (χ2v) is 8.44. The van der Waals surface area contributed by atoms with E-state index < -0.39 is 11.8 Å².